The summed E-state index contributed by atoms with van der Waals surface area (Å²) in [5.41, 5.74) is 1.71. The third-order valence-electron chi connectivity index (χ3n) is 7.47. The smallest absolute Gasteiger partial charge is 0.406 e. The van der Waals surface area contributed by atoms with Crippen LogP contribution in [0.25, 0.3) is 5.69 Å². The zero-order valence-corrected chi connectivity index (χ0v) is 26.2. The van der Waals surface area contributed by atoms with E-state index in [1.54, 1.807) is 24.0 Å². The highest BCUT2D eigenvalue weighted by atomic mass is 35.5. The second-order valence-corrected chi connectivity index (χ2v) is 11.4. The summed E-state index contributed by atoms with van der Waals surface area (Å²) in [5.74, 6) is -1.01. The molecule has 1 aliphatic heterocycles. The number of halogens is 5. The van der Waals surface area contributed by atoms with Crippen LogP contribution in [-0.2, 0) is 13.0 Å². The summed E-state index contributed by atoms with van der Waals surface area (Å²) in [7, 11) is 1.47. The van der Waals surface area contributed by atoms with Gasteiger partial charge in [0.15, 0.2) is 0 Å². The summed E-state index contributed by atoms with van der Waals surface area (Å²) in [6.45, 7) is 3.58. The number of fused-ring (bicyclic) bond motifs is 1. The number of hydrogen-bond acceptors (Lipinski definition) is 7. The van der Waals surface area contributed by atoms with Crippen molar-refractivity contribution >= 4 is 41.0 Å². The summed E-state index contributed by atoms with van der Waals surface area (Å²) in [4.78, 5) is 50.2. The standard InChI is InChI=1S/C31H27Cl2F3N6O4/c1-16-12-22-26(15-41(16)28(44)19-6-10-23(32)24(33)13-19)40-30(39-17(2)18-4-8-21(9-5-18)46-31(34,35)36)42(29(22)45)20-7-11-25(38-14-20)27(43)37-3/h4-11,13-14,16-17H,12,15H2,1-3H3,(H,37,43)(H,39,40)/t16-,17+/m1/s1. The van der Waals surface area contributed by atoms with Crippen molar-refractivity contribution in [1.82, 2.24) is 24.8 Å². The van der Waals surface area contributed by atoms with E-state index in [1.165, 1.54) is 60.3 Å². The van der Waals surface area contributed by atoms with Gasteiger partial charge in [0.2, 0.25) is 5.95 Å². The van der Waals surface area contributed by atoms with Crippen LogP contribution in [0.1, 0.15) is 57.6 Å². The molecule has 2 N–H and O–H groups in total. The quantitative estimate of drug-likeness (QED) is 0.249. The molecule has 0 bridgehead atoms. The third-order valence-corrected chi connectivity index (χ3v) is 8.21. The van der Waals surface area contributed by atoms with Crippen LogP contribution in [0, 0.1) is 0 Å². The Morgan fingerprint density at radius 1 is 1.07 bits per heavy atom. The predicted octanol–water partition coefficient (Wildman–Crippen LogP) is 5.95. The minimum Gasteiger partial charge on any atom is -0.406 e. The topological polar surface area (TPSA) is 118 Å². The summed E-state index contributed by atoms with van der Waals surface area (Å²) in [5, 5.41) is 6.21. The Balaban J connectivity index is 1.54. The first-order valence-electron chi connectivity index (χ1n) is 14.0. The van der Waals surface area contributed by atoms with Crippen molar-refractivity contribution in [2.75, 3.05) is 12.4 Å². The van der Waals surface area contributed by atoms with Crippen molar-refractivity contribution in [3.63, 3.8) is 0 Å². The Morgan fingerprint density at radius 2 is 1.78 bits per heavy atom. The Hall–Kier alpha value is -4.62. The van der Waals surface area contributed by atoms with E-state index in [-0.39, 0.29) is 47.3 Å². The van der Waals surface area contributed by atoms with Gasteiger partial charge in [-0.1, -0.05) is 35.3 Å². The van der Waals surface area contributed by atoms with Gasteiger partial charge < -0.3 is 20.3 Å². The molecule has 2 aromatic heterocycles. The number of nitrogens with one attached hydrogen (secondary N) is 2. The number of hydrogen-bond donors (Lipinski definition) is 2. The molecular formula is C31H27Cl2F3N6O4. The van der Waals surface area contributed by atoms with Gasteiger partial charge in [-0.2, -0.15) is 0 Å². The van der Waals surface area contributed by atoms with Gasteiger partial charge in [-0.3, -0.25) is 14.4 Å². The highest BCUT2D eigenvalue weighted by molar-refractivity contribution is 6.42. The van der Waals surface area contributed by atoms with Crippen LogP contribution in [0.5, 0.6) is 5.75 Å². The van der Waals surface area contributed by atoms with Crippen LogP contribution in [0.2, 0.25) is 10.0 Å². The molecule has 3 heterocycles. The molecule has 0 aliphatic carbocycles. The van der Waals surface area contributed by atoms with Crippen molar-refractivity contribution in [1.29, 1.82) is 0 Å². The van der Waals surface area contributed by atoms with E-state index < -0.39 is 23.9 Å². The van der Waals surface area contributed by atoms with Gasteiger partial charge in [-0.05, 0) is 68.3 Å². The molecule has 0 saturated carbocycles. The minimum absolute atomic E-state index is 0.0199. The number of alkyl halides is 3. The van der Waals surface area contributed by atoms with Crippen molar-refractivity contribution in [3.8, 4) is 11.4 Å². The maximum Gasteiger partial charge on any atom is 0.573 e. The van der Waals surface area contributed by atoms with Gasteiger partial charge >= 0.3 is 6.36 Å². The monoisotopic (exact) mass is 674 g/mol. The second kappa shape index (κ2) is 13.0. The summed E-state index contributed by atoms with van der Waals surface area (Å²) in [6, 6.07) is 12.0. The Morgan fingerprint density at radius 3 is 2.39 bits per heavy atom. The van der Waals surface area contributed by atoms with Gasteiger partial charge in [-0.25, -0.2) is 14.5 Å². The SMILES string of the molecule is CNC(=O)c1ccc(-n2c(N[C@@H](C)c3ccc(OC(F)(F)F)cc3)nc3c(c2=O)C[C@@H](C)N(C(=O)c2ccc(Cl)c(Cl)c2)C3)cn1. The number of anilines is 1. The van der Waals surface area contributed by atoms with Gasteiger partial charge in [0.1, 0.15) is 11.4 Å². The lowest BCUT2D eigenvalue weighted by Crippen LogP contribution is -2.46. The zero-order valence-electron chi connectivity index (χ0n) is 24.7. The molecule has 0 saturated heterocycles. The lowest BCUT2D eigenvalue weighted by Gasteiger charge is -2.35. The number of nitrogens with zero attached hydrogens (tertiary/aromatic N) is 4. The van der Waals surface area contributed by atoms with E-state index >= 15 is 0 Å². The molecule has 0 fully saturated rings. The maximum absolute atomic E-state index is 14.1. The molecule has 2 aromatic carbocycles. The van der Waals surface area contributed by atoms with E-state index in [2.05, 4.69) is 20.4 Å². The number of carbonyl (C=O) groups excluding carboxylic acids is 2. The highest BCUT2D eigenvalue weighted by Crippen LogP contribution is 2.29. The Kier molecular flexibility index (Phi) is 9.27. The molecule has 240 valence electrons. The van der Waals surface area contributed by atoms with Crippen molar-refractivity contribution in [3.05, 3.63) is 109 Å². The van der Waals surface area contributed by atoms with Crippen molar-refractivity contribution in [2.45, 2.75) is 45.3 Å². The molecule has 5 rings (SSSR count). The number of aromatic nitrogens is 3. The number of amides is 2. The molecule has 0 unspecified atom stereocenters. The van der Waals surface area contributed by atoms with Crippen LogP contribution in [0.15, 0.2) is 65.6 Å². The first-order valence-corrected chi connectivity index (χ1v) is 14.7. The van der Waals surface area contributed by atoms with E-state index in [4.69, 9.17) is 28.2 Å². The fourth-order valence-electron chi connectivity index (χ4n) is 5.08. The molecular weight excluding hydrogens is 648 g/mol. The normalized spacial score (nSPS) is 15.1. The van der Waals surface area contributed by atoms with Gasteiger partial charge in [0.05, 0.1) is 40.2 Å². The molecule has 0 radical (unpaired) electrons. The summed E-state index contributed by atoms with van der Waals surface area (Å²) >= 11 is 12.2. The largest absolute Gasteiger partial charge is 0.573 e. The number of rotatable bonds is 7. The molecule has 0 spiro atoms. The lowest BCUT2D eigenvalue weighted by molar-refractivity contribution is -0.274. The molecule has 15 heteroatoms. The van der Waals surface area contributed by atoms with Crippen molar-refractivity contribution < 1.29 is 27.5 Å². The average Bonchev–Trinajstić information content (AvgIpc) is 3.01. The van der Waals surface area contributed by atoms with E-state index in [9.17, 15) is 27.6 Å². The summed E-state index contributed by atoms with van der Waals surface area (Å²) in [6.07, 6.45) is -3.26. The van der Waals surface area contributed by atoms with Crippen LogP contribution in [0.4, 0.5) is 19.1 Å². The van der Waals surface area contributed by atoms with Crippen LogP contribution < -0.4 is 20.9 Å². The van der Waals surface area contributed by atoms with Crippen LogP contribution in [0.3, 0.4) is 0 Å². The van der Waals surface area contributed by atoms with E-state index in [1.807, 2.05) is 6.92 Å². The minimum atomic E-state index is -4.83. The molecule has 2 amide bonds. The van der Waals surface area contributed by atoms with Crippen molar-refractivity contribution in [2.24, 2.45) is 0 Å². The maximum atomic E-state index is 14.1. The van der Waals surface area contributed by atoms with Gasteiger partial charge in [-0.15, -0.1) is 13.2 Å². The first-order chi connectivity index (χ1) is 21.8. The number of benzene rings is 2. The molecule has 2 atom stereocenters. The van der Waals surface area contributed by atoms with Gasteiger partial charge in [0, 0.05) is 24.2 Å². The predicted molar refractivity (Wildman–Crippen MR) is 166 cm³/mol. The highest BCUT2D eigenvalue weighted by Gasteiger charge is 2.33. The lowest BCUT2D eigenvalue weighted by atomic mass is 9.98. The van der Waals surface area contributed by atoms with E-state index in [0.29, 0.717) is 33.1 Å². The van der Waals surface area contributed by atoms with E-state index in [0.717, 1.165) is 0 Å². The Bertz CT molecular complexity index is 1850. The summed E-state index contributed by atoms with van der Waals surface area (Å²) < 4.78 is 43.2. The first kappa shape index (κ1) is 32.8. The molecule has 46 heavy (non-hydrogen) atoms. The Labute approximate surface area is 271 Å². The van der Waals surface area contributed by atoms with Gasteiger partial charge in [0.25, 0.3) is 17.4 Å². The van der Waals surface area contributed by atoms with Crippen LogP contribution >= 0.6 is 23.2 Å². The average molecular weight is 675 g/mol. The molecule has 10 nitrogen and oxygen atoms in total. The number of pyridine rings is 1. The second-order valence-electron chi connectivity index (χ2n) is 10.6. The fourth-order valence-corrected chi connectivity index (χ4v) is 5.38. The number of carbonyl (C=O) groups is 2. The molecule has 1 aliphatic rings. The zero-order chi connectivity index (χ0) is 33.3. The van der Waals surface area contributed by atoms with Crippen LogP contribution in [-0.4, -0.2) is 50.7 Å². The third kappa shape index (κ3) is 6.95. The molecule has 4 aromatic rings. The number of ether oxygens (including phenoxy) is 1. The fraction of sp³-hybridized carbons (Fsp3) is 0.258.